The van der Waals surface area contributed by atoms with Crippen LogP contribution in [0.5, 0.6) is 0 Å². The van der Waals surface area contributed by atoms with Crippen LogP contribution in [-0.4, -0.2) is 14.5 Å². The van der Waals surface area contributed by atoms with Gasteiger partial charge in [0, 0.05) is 6.04 Å². The molecule has 1 atom stereocenters. The van der Waals surface area contributed by atoms with E-state index in [1.165, 1.54) is 4.31 Å². The Bertz CT molecular complexity index is 821. The van der Waals surface area contributed by atoms with Gasteiger partial charge < -0.3 is 0 Å². The van der Waals surface area contributed by atoms with Gasteiger partial charge in [0.2, 0.25) is 0 Å². The minimum absolute atomic E-state index is 0.317. The third-order valence-corrected chi connectivity index (χ3v) is 5.83. The standard InChI is InChI=1S/C16H15F2NO2S/c1-11-6-7-12-4-2-3-5-15(12)19(11)22(20,21)16-10-13(17)8-9-14(16)18/h2-5,8-11H,6-7H2,1H3/t11-/m0/s1. The number of fused-ring (bicyclic) bond motifs is 1. The minimum atomic E-state index is -4.16. The SMILES string of the molecule is C[C@H]1CCc2ccccc2N1S(=O)(=O)c1cc(F)ccc1F. The zero-order chi connectivity index (χ0) is 15.9. The molecule has 0 spiro atoms. The molecule has 1 heterocycles. The van der Waals surface area contributed by atoms with Crippen molar-refractivity contribution in [2.45, 2.75) is 30.7 Å². The van der Waals surface area contributed by atoms with Crippen molar-refractivity contribution in [2.75, 3.05) is 4.31 Å². The largest absolute Gasteiger partial charge is 0.267 e. The van der Waals surface area contributed by atoms with Crippen molar-refractivity contribution in [3.05, 3.63) is 59.7 Å². The van der Waals surface area contributed by atoms with Gasteiger partial charge in [-0.2, -0.15) is 0 Å². The Morgan fingerprint density at radius 3 is 2.64 bits per heavy atom. The number of benzene rings is 2. The van der Waals surface area contributed by atoms with Crippen LogP contribution in [0.1, 0.15) is 18.9 Å². The molecule has 0 saturated carbocycles. The molecule has 1 aliphatic rings. The van der Waals surface area contributed by atoms with Gasteiger partial charge in [-0.15, -0.1) is 0 Å². The second-order valence-electron chi connectivity index (χ2n) is 5.39. The summed E-state index contributed by atoms with van der Waals surface area (Å²) in [6.07, 6.45) is 1.39. The number of hydrogen-bond donors (Lipinski definition) is 0. The van der Waals surface area contributed by atoms with E-state index in [1.807, 2.05) is 12.1 Å². The molecule has 0 radical (unpaired) electrons. The van der Waals surface area contributed by atoms with Crippen molar-refractivity contribution in [1.82, 2.24) is 0 Å². The Labute approximate surface area is 128 Å². The van der Waals surface area contributed by atoms with Gasteiger partial charge in [0.15, 0.2) is 0 Å². The number of hydrogen-bond acceptors (Lipinski definition) is 2. The monoisotopic (exact) mass is 323 g/mol. The number of para-hydroxylation sites is 1. The summed E-state index contributed by atoms with van der Waals surface area (Å²) in [4.78, 5) is -0.629. The van der Waals surface area contributed by atoms with Gasteiger partial charge in [0.1, 0.15) is 16.5 Å². The first-order chi connectivity index (χ1) is 10.4. The van der Waals surface area contributed by atoms with E-state index in [-0.39, 0.29) is 6.04 Å². The van der Waals surface area contributed by atoms with E-state index < -0.39 is 26.6 Å². The Kier molecular flexibility index (Phi) is 3.64. The molecule has 0 saturated heterocycles. The number of sulfonamides is 1. The van der Waals surface area contributed by atoms with Crippen LogP contribution in [0.3, 0.4) is 0 Å². The molecule has 1 aliphatic heterocycles. The van der Waals surface area contributed by atoms with Crippen molar-refractivity contribution >= 4 is 15.7 Å². The third-order valence-electron chi connectivity index (χ3n) is 3.89. The van der Waals surface area contributed by atoms with Gasteiger partial charge in [-0.05, 0) is 49.6 Å². The maximum atomic E-state index is 14.0. The van der Waals surface area contributed by atoms with E-state index in [0.717, 1.165) is 30.2 Å². The molecule has 3 nitrogen and oxygen atoms in total. The number of anilines is 1. The number of nitrogens with zero attached hydrogens (tertiary/aromatic N) is 1. The maximum Gasteiger partial charge on any atom is 0.267 e. The quantitative estimate of drug-likeness (QED) is 0.848. The normalized spacial score (nSPS) is 18.1. The summed E-state index contributed by atoms with van der Waals surface area (Å²) < 4.78 is 54.2. The lowest BCUT2D eigenvalue weighted by atomic mass is 9.99. The third kappa shape index (κ3) is 2.37. The van der Waals surface area contributed by atoms with E-state index >= 15 is 0 Å². The molecule has 2 aromatic carbocycles. The number of rotatable bonds is 2. The van der Waals surface area contributed by atoms with Gasteiger partial charge in [0.25, 0.3) is 10.0 Å². The highest BCUT2D eigenvalue weighted by Gasteiger charge is 2.35. The zero-order valence-electron chi connectivity index (χ0n) is 12.0. The van der Waals surface area contributed by atoms with Crippen LogP contribution in [0, 0.1) is 11.6 Å². The van der Waals surface area contributed by atoms with E-state index in [1.54, 1.807) is 19.1 Å². The predicted molar refractivity (Wildman–Crippen MR) is 80.2 cm³/mol. The summed E-state index contributed by atoms with van der Waals surface area (Å²) >= 11 is 0. The summed E-state index contributed by atoms with van der Waals surface area (Å²) in [5.41, 5.74) is 1.42. The second-order valence-corrected chi connectivity index (χ2v) is 7.18. The van der Waals surface area contributed by atoms with Crippen LogP contribution in [0.2, 0.25) is 0 Å². The molecule has 116 valence electrons. The van der Waals surface area contributed by atoms with Gasteiger partial charge in [-0.1, -0.05) is 18.2 Å². The van der Waals surface area contributed by atoms with E-state index in [2.05, 4.69) is 0 Å². The molecule has 22 heavy (non-hydrogen) atoms. The van der Waals surface area contributed by atoms with Crippen LogP contribution in [0.4, 0.5) is 14.5 Å². The van der Waals surface area contributed by atoms with E-state index in [0.29, 0.717) is 12.1 Å². The summed E-state index contributed by atoms with van der Waals surface area (Å²) in [7, 11) is -4.16. The van der Waals surface area contributed by atoms with Gasteiger partial charge >= 0.3 is 0 Å². The summed E-state index contributed by atoms with van der Waals surface area (Å²) in [5.74, 6) is -1.73. The van der Waals surface area contributed by atoms with Crippen LogP contribution < -0.4 is 4.31 Å². The maximum absolute atomic E-state index is 14.0. The molecule has 0 amide bonds. The fraction of sp³-hybridized carbons (Fsp3) is 0.250. The Morgan fingerprint density at radius 2 is 1.86 bits per heavy atom. The average molecular weight is 323 g/mol. The number of aryl methyl sites for hydroxylation is 1. The topological polar surface area (TPSA) is 37.4 Å². The molecule has 0 unspecified atom stereocenters. The fourth-order valence-electron chi connectivity index (χ4n) is 2.80. The van der Waals surface area contributed by atoms with Crippen molar-refractivity contribution < 1.29 is 17.2 Å². The van der Waals surface area contributed by atoms with Crippen molar-refractivity contribution in [3.63, 3.8) is 0 Å². The Hall–Kier alpha value is -1.95. The lowest BCUT2D eigenvalue weighted by Gasteiger charge is -2.36. The van der Waals surface area contributed by atoms with Crippen molar-refractivity contribution in [3.8, 4) is 0 Å². The summed E-state index contributed by atoms with van der Waals surface area (Å²) in [6, 6.07) is 9.27. The van der Waals surface area contributed by atoms with E-state index in [4.69, 9.17) is 0 Å². The zero-order valence-corrected chi connectivity index (χ0v) is 12.8. The van der Waals surface area contributed by atoms with Crippen LogP contribution >= 0.6 is 0 Å². The Balaban J connectivity index is 2.19. The lowest BCUT2D eigenvalue weighted by Crippen LogP contribution is -2.42. The van der Waals surface area contributed by atoms with Gasteiger partial charge in [0.05, 0.1) is 5.69 Å². The first-order valence-electron chi connectivity index (χ1n) is 6.98. The lowest BCUT2D eigenvalue weighted by molar-refractivity contribution is 0.538. The molecular formula is C16H15F2NO2S. The molecule has 6 heteroatoms. The first kappa shape index (κ1) is 15.0. The van der Waals surface area contributed by atoms with Crippen LogP contribution in [0.25, 0.3) is 0 Å². The highest BCUT2D eigenvalue weighted by molar-refractivity contribution is 7.92. The first-order valence-corrected chi connectivity index (χ1v) is 8.42. The molecule has 0 aromatic heterocycles. The predicted octanol–water partition coefficient (Wildman–Crippen LogP) is 3.49. The van der Waals surface area contributed by atoms with Crippen LogP contribution in [0.15, 0.2) is 47.4 Å². The average Bonchev–Trinajstić information content (AvgIpc) is 2.49. The smallest absolute Gasteiger partial charge is 0.263 e. The second kappa shape index (κ2) is 5.35. The number of halogens is 2. The van der Waals surface area contributed by atoms with Gasteiger partial charge in [-0.25, -0.2) is 17.2 Å². The van der Waals surface area contributed by atoms with Crippen molar-refractivity contribution in [2.24, 2.45) is 0 Å². The van der Waals surface area contributed by atoms with E-state index in [9.17, 15) is 17.2 Å². The van der Waals surface area contributed by atoms with Crippen molar-refractivity contribution in [1.29, 1.82) is 0 Å². The fourth-order valence-corrected chi connectivity index (χ4v) is 4.61. The Morgan fingerprint density at radius 1 is 1.14 bits per heavy atom. The molecule has 0 aliphatic carbocycles. The molecule has 2 aromatic rings. The van der Waals surface area contributed by atoms with Crippen LogP contribution in [-0.2, 0) is 16.4 Å². The van der Waals surface area contributed by atoms with Gasteiger partial charge in [-0.3, -0.25) is 4.31 Å². The highest BCUT2D eigenvalue weighted by atomic mass is 32.2. The highest BCUT2D eigenvalue weighted by Crippen LogP contribution is 2.35. The molecule has 0 fully saturated rings. The minimum Gasteiger partial charge on any atom is -0.263 e. The molecular weight excluding hydrogens is 308 g/mol. The summed E-state index contributed by atoms with van der Waals surface area (Å²) in [5, 5.41) is 0. The molecule has 0 bridgehead atoms. The summed E-state index contributed by atoms with van der Waals surface area (Å²) in [6.45, 7) is 1.77. The molecule has 3 rings (SSSR count). The molecule has 0 N–H and O–H groups in total.